The first-order valence-electron chi connectivity index (χ1n) is 9.75. The highest BCUT2D eigenvalue weighted by Gasteiger charge is 2.54. The largest absolute Gasteiger partial charge is 0.298 e. The second-order valence-corrected chi connectivity index (χ2v) is 9.62. The molecule has 2 aromatic rings. The van der Waals surface area contributed by atoms with Gasteiger partial charge in [0, 0.05) is 5.41 Å². The number of hydrogen-bond donors (Lipinski definition) is 0. The van der Waals surface area contributed by atoms with Crippen LogP contribution in [0.4, 0.5) is 0 Å². The van der Waals surface area contributed by atoms with Crippen molar-refractivity contribution in [2.24, 2.45) is 23.2 Å². The lowest BCUT2D eigenvalue weighted by Gasteiger charge is -2.56. The molecule has 136 valence electrons. The Morgan fingerprint density at radius 3 is 2.46 bits per heavy atom. The third-order valence-corrected chi connectivity index (χ3v) is 7.80. The Balaban J connectivity index is 1.33. The van der Waals surface area contributed by atoms with Gasteiger partial charge in [-0.3, -0.25) is 9.36 Å². The zero-order chi connectivity index (χ0) is 17.7. The molecule has 4 fully saturated rings. The maximum absolute atomic E-state index is 13.2. The summed E-state index contributed by atoms with van der Waals surface area (Å²) >= 11 is 1.55. The van der Waals surface area contributed by atoms with Crippen molar-refractivity contribution in [1.29, 1.82) is 0 Å². The number of Topliss-reactive ketones (excluding diaryl/α,β-unsaturated/α-hetero) is 1. The molecule has 4 aliphatic rings. The Morgan fingerprint density at radius 2 is 1.81 bits per heavy atom. The van der Waals surface area contributed by atoms with Crippen molar-refractivity contribution in [2.75, 3.05) is 5.75 Å². The van der Waals surface area contributed by atoms with E-state index >= 15 is 0 Å². The third-order valence-electron chi connectivity index (χ3n) is 6.85. The van der Waals surface area contributed by atoms with Crippen LogP contribution in [-0.4, -0.2) is 26.3 Å². The Morgan fingerprint density at radius 1 is 1.15 bits per heavy atom. The van der Waals surface area contributed by atoms with Gasteiger partial charge in [0.25, 0.3) is 0 Å². The molecule has 4 bridgehead atoms. The van der Waals surface area contributed by atoms with Gasteiger partial charge in [-0.05, 0) is 74.8 Å². The predicted molar refractivity (Wildman–Crippen MR) is 102 cm³/mol. The van der Waals surface area contributed by atoms with Gasteiger partial charge in [0.05, 0.1) is 11.4 Å². The number of hydrogen-bond acceptors (Lipinski definition) is 4. The van der Waals surface area contributed by atoms with Crippen LogP contribution >= 0.6 is 11.8 Å². The van der Waals surface area contributed by atoms with Crippen molar-refractivity contribution in [3.8, 4) is 5.69 Å². The van der Waals surface area contributed by atoms with Crippen LogP contribution in [0.3, 0.4) is 0 Å². The van der Waals surface area contributed by atoms with Crippen molar-refractivity contribution in [3.63, 3.8) is 0 Å². The van der Waals surface area contributed by atoms with Gasteiger partial charge in [0.2, 0.25) is 0 Å². The average Bonchev–Trinajstić information content (AvgIpc) is 3.07. The summed E-state index contributed by atoms with van der Waals surface area (Å²) in [6.45, 7) is 2.09. The Kier molecular flexibility index (Phi) is 3.96. The van der Waals surface area contributed by atoms with Crippen LogP contribution in [0, 0.1) is 30.1 Å². The fraction of sp³-hybridized carbons (Fsp3) is 0.571. The zero-order valence-corrected chi connectivity index (χ0v) is 16.0. The second kappa shape index (κ2) is 6.22. The summed E-state index contributed by atoms with van der Waals surface area (Å²) < 4.78 is 2.01. The lowest BCUT2D eigenvalue weighted by atomic mass is 9.48. The molecule has 0 N–H and O–H groups in total. The standard InChI is InChI=1S/C21H25N3OS/c1-14-4-2-3-5-18(14)24-13-22-23-20(24)26-12-19(25)21-9-15-6-16(10-21)8-17(7-15)11-21/h2-5,13,15-17H,6-12H2,1H3. The quantitative estimate of drug-likeness (QED) is 0.733. The first-order chi connectivity index (χ1) is 12.6. The van der Waals surface area contributed by atoms with Gasteiger partial charge >= 0.3 is 0 Å². The molecule has 5 heteroatoms. The minimum atomic E-state index is -0.0186. The number of nitrogens with zero attached hydrogens (tertiary/aromatic N) is 3. The first-order valence-corrected chi connectivity index (χ1v) is 10.7. The molecular formula is C21H25N3OS. The van der Waals surface area contributed by atoms with E-state index in [-0.39, 0.29) is 5.41 Å². The van der Waals surface area contributed by atoms with E-state index in [4.69, 9.17) is 0 Å². The van der Waals surface area contributed by atoms with Crippen LogP contribution in [0.15, 0.2) is 35.7 Å². The fourth-order valence-electron chi connectivity index (χ4n) is 6.06. The van der Waals surface area contributed by atoms with E-state index in [1.54, 1.807) is 18.1 Å². The van der Waals surface area contributed by atoms with E-state index in [1.807, 2.05) is 16.7 Å². The van der Waals surface area contributed by atoms with Crippen LogP contribution < -0.4 is 0 Å². The fourth-order valence-corrected chi connectivity index (χ4v) is 7.01. The molecule has 4 nitrogen and oxygen atoms in total. The van der Waals surface area contributed by atoms with E-state index in [0.29, 0.717) is 11.5 Å². The minimum Gasteiger partial charge on any atom is -0.298 e. The normalized spacial score (nSPS) is 32.1. The summed E-state index contributed by atoms with van der Waals surface area (Å²) in [6, 6.07) is 8.22. The molecule has 0 aliphatic heterocycles. The van der Waals surface area contributed by atoms with Gasteiger partial charge in [-0.25, -0.2) is 0 Å². The number of ketones is 1. The SMILES string of the molecule is Cc1ccccc1-n1cnnc1SCC(=O)C12CC3CC(CC(C3)C1)C2. The number of carbonyl (C=O) groups is 1. The highest BCUT2D eigenvalue weighted by atomic mass is 32.2. The summed E-state index contributed by atoms with van der Waals surface area (Å²) in [4.78, 5) is 13.2. The molecule has 26 heavy (non-hydrogen) atoms. The number of para-hydroxylation sites is 1. The average molecular weight is 368 g/mol. The highest BCUT2D eigenvalue weighted by molar-refractivity contribution is 7.99. The predicted octanol–water partition coefficient (Wildman–Crippen LogP) is 4.45. The van der Waals surface area contributed by atoms with Gasteiger partial charge in [0.15, 0.2) is 5.16 Å². The van der Waals surface area contributed by atoms with E-state index in [9.17, 15) is 4.79 Å². The number of thioether (sulfide) groups is 1. The summed E-state index contributed by atoms with van der Waals surface area (Å²) in [5.74, 6) is 3.42. The van der Waals surface area contributed by atoms with Gasteiger partial charge in [-0.1, -0.05) is 30.0 Å². The van der Waals surface area contributed by atoms with Crippen LogP contribution in [-0.2, 0) is 4.79 Å². The molecule has 0 unspecified atom stereocenters. The van der Waals surface area contributed by atoms with Crippen molar-refractivity contribution < 1.29 is 4.79 Å². The smallest absolute Gasteiger partial charge is 0.196 e. The number of aryl methyl sites for hydroxylation is 1. The summed E-state index contributed by atoms with van der Waals surface area (Å²) in [7, 11) is 0. The van der Waals surface area contributed by atoms with Crippen LogP contribution in [0.2, 0.25) is 0 Å². The molecular weight excluding hydrogens is 342 g/mol. The van der Waals surface area contributed by atoms with Crippen molar-refractivity contribution >= 4 is 17.5 Å². The van der Waals surface area contributed by atoms with Gasteiger partial charge in [0.1, 0.15) is 12.1 Å². The Hall–Kier alpha value is -1.62. The van der Waals surface area contributed by atoms with Crippen molar-refractivity contribution in [2.45, 2.75) is 50.6 Å². The molecule has 0 saturated heterocycles. The van der Waals surface area contributed by atoms with Gasteiger partial charge in [-0.15, -0.1) is 10.2 Å². The Bertz CT molecular complexity index is 808. The molecule has 0 amide bonds. The summed E-state index contributed by atoms with van der Waals surface area (Å²) in [6.07, 6.45) is 9.30. The monoisotopic (exact) mass is 367 g/mol. The Labute approximate surface area is 158 Å². The van der Waals surface area contributed by atoms with Crippen molar-refractivity contribution in [1.82, 2.24) is 14.8 Å². The van der Waals surface area contributed by atoms with E-state index in [2.05, 4.69) is 29.3 Å². The minimum absolute atomic E-state index is 0.0186. The number of rotatable bonds is 5. The lowest BCUT2D eigenvalue weighted by molar-refractivity contribution is -0.141. The number of aromatic nitrogens is 3. The molecule has 0 atom stereocenters. The summed E-state index contributed by atoms with van der Waals surface area (Å²) in [5, 5.41) is 9.18. The number of benzene rings is 1. The molecule has 0 radical (unpaired) electrons. The van der Waals surface area contributed by atoms with Gasteiger partial charge < -0.3 is 0 Å². The van der Waals surface area contributed by atoms with Crippen LogP contribution in [0.5, 0.6) is 0 Å². The van der Waals surface area contributed by atoms with Crippen molar-refractivity contribution in [3.05, 3.63) is 36.2 Å². The maximum Gasteiger partial charge on any atom is 0.196 e. The molecule has 1 aromatic carbocycles. The topological polar surface area (TPSA) is 47.8 Å². The third kappa shape index (κ3) is 2.72. The first kappa shape index (κ1) is 16.5. The van der Waals surface area contributed by atoms with Crippen LogP contribution in [0.25, 0.3) is 5.69 Å². The zero-order valence-electron chi connectivity index (χ0n) is 15.2. The molecule has 6 rings (SSSR count). The molecule has 4 saturated carbocycles. The van der Waals surface area contributed by atoms with Gasteiger partial charge in [-0.2, -0.15) is 0 Å². The number of carbonyl (C=O) groups excluding carboxylic acids is 1. The maximum atomic E-state index is 13.2. The van der Waals surface area contributed by atoms with E-state index in [1.165, 1.54) is 24.8 Å². The lowest BCUT2D eigenvalue weighted by Crippen LogP contribution is -2.50. The van der Waals surface area contributed by atoms with E-state index in [0.717, 1.165) is 47.9 Å². The second-order valence-electron chi connectivity index (χ2n) is 8.68. The molecule has 1 aromatic heterocycles. The molecule has 4 aliphatic carbocycles. The summed E-state index contributed by atoms with van der Waals surface area (Å²) in [5.41, 5.74) is 2.25. The van der Waals surface area contributed by atoms with Crippen LogP contribution in [0.1, 0.15) is 44.1 Å². The molecule has 1 heterocycles. The molecule has 0 spiro atoms. The van der Waals surface area contributed by atoms with E-state index < -0.39 is 0 Å². The highest BCUT2D eigenvalue weighted by Crippen LogP contribution is 2.60.